The van der Waals surface area contributed by atoms with Crippen molar-refractivity contribution < 1.29 is 15.0 Å². The molecule has 1 aromatic carbocycles. The van der Waals surface area contributed by atoms with Crippen LogP contribution in [0.25, 0.3) is 5.65 Å². The van der Waals surface area contributed by atoms with Gasteiger partial charge in [-0.15, -0.1) is 0 Å². The molecule has 2 aliphatic rings. The molecule has 184 valence electrons. The summed E-state index contributed by atoms with van der Waals surface area (Å²) >= 11 is 0. The Kier molecular flexibility index (Phi) is 5.79. The number of anilines is 2. The monoisotopic (exact) mass is 476 g/mol. The first-order chi connectivity index (χ1) is 16.7. The van der Waals surface area contributed by atoms with Gasteiger partial charge in [0.2, 0.25) is 0 Å². The van der Waals surface area contributed by atoms with Crippen LogP contribution in [0.5, 0.6) is 0 Å². The minimum atomic E-state index is -1.00. The predicted octanol–water partition coefficient (Wildman–Crippen LogP) is 3.92. The van der Waals surface area contributed by atoms with Crippen molar-refractivity contribution in [1.29, 1.82) is 0 Å². The predicted molar refractivity (Wildman–Crippen MR) is 135 cm³/mol. The summed E-state index contributed by atoms with van der Waals surface area (Å²) in [5.74, 6) is -0.324. The quantitative estimate of drug-likeness (QED) is 0.512. The van der Waals surface area contributed by atoms with Gasteiger partial charge in [0.1, 0.15) is 11.5 Å². The normalized spacial score (nSPS) is 22.7. The van der Waals surface area contributed by atoms with Gasteiger partial charge in [-0.1, -0.05) is 12.1 Å². The fourth-order valence-corrected chi connectivity index (χ4v) is 5.72. The molecule has 0 amide bonds. The van der Waals surface area contributed by atoms with Gasteiger partial charge in [0, 0.05) is 36.0 Å². The molecular formula is C27H32N4O4. The lowest BCUT2D eigenvalue weighted by molar-refractivity contribution is -0.0719. The van der Waals surface area contributed by atoms with E-state index in [0.29, 0.717) is 29.3 Å². The number of aromatic nitrogens is 2. The van der Waals surface area contributed by atoms with Gasteiger partial charge in [0.15, 0.2) is 0 Å². The molecule has 1 saturated carbocycles. The van der Waals surface area contributed by atoms with Gasteiger partial charge >= 0.3 is 5.97 Å². The lowest BCUT2D eigenvalue weighted by Crippen LogP contribution is -2.56. The SMILES string of the molecule is Cc1cc([C@@H](C)Nc2ccccc2C(=O)O)c2nc(N3CCCC4(CCC4O)C3)c(C)c(=O)n2c1. The van der Waals surface area contributed by atoms with Gasteiger partial charge in [-0.3, -0.25) is 9.20 Å². The number of aliphatic hydroxyl groups excluding tert-OH is 1. The largest absolute Gasteiger partial charge is 0.478 e. The molecule has 1 spiro atoms. The molecule has 35 heavy (non-hydrogen) atoms. The van der Waals surface area contributed by atoms with Crippen molar-refractivity contribution in [3.8, 4) is 0 Å². The highest BCUT2D eigenvalue weighted by molar-refractivity contribution is 5.94. The van der Waals surface area contributed by atoms with E-state index in [-0.39, 0.29) is 28.7 Å². The molecule has 8 heteroatoms. The van der Waals surface area contributed by atoms with Crippen LogP contribution in [0.2, 0.25) is 0 Å². The first-order valence-corrected chi connectivity index (χ1v) is 12.3. The van der Waals surface area contributed by atoms with Gasteiger partial charge < -0.3 is 20.4 Å². The fourth-order valence-electron chi connectivity index (χ4n) is 5.72. The van der Waals surface area contributed by atoms with Crippen molar-refractivity contribution in [3.05, 3.63) is 69.1 Å². The van der Waals surface area contributed by atoms with E-state index in [0.717, 1.165) is 43.4 Å². The minimum Gasteiger partial charge on any atom is -0.478 e. The molecule has 3 aromatic rings. The number of aryl methyl sites for hydroxylation is 1. The maximum Gasteiger partial charge on any atom is 0.337 e. The first-order valence-electron chi connectivity index (χ1n) is 12.3. The number of aliphatic hydroxyl groups is 1. The third kappa shape index (κ3) is 3.95. The van der Waals surface area contributed by atoms with Crippen molar-refractivity contribution in [2.75, 3.05) is 23.3 Å². The van der Waals surface area contributed by atoms with Crippen LogP contribution in [0.3, 0.4) is 0 Å². The number of para-hydroxylation sites is 1. The van der Waals surface area contributed by atoms with Crippen LogP contribution in [0, 0.1) is 19.3 Å². The summed E-state index contributed by atoms with van der Waals surface area (Å²) in [5.41, 5.74) is 3.39. The number of nitrogens with zero attached hydrogens (tertiary/aromatic N) is 3. The Morgan fingerprint density at radius 3 is 2.71 bits per heavy atom. The van der Waals surface area contributed by atoms with Crippen molar-refractivity contribution in [2.45, 2.75) is 58.6 Å². The van der Waals surface area contributed by atoms with Crippen LogP contribution < -0.4 is 15.8 Å². The summed E-state index contributed by atoms with van der Waals surface area (Å²) in [7, 11) is 0. The first kappa shape index (κ1) is 23.4. The van der Waals surface area contributed by atoms with E-state index in [9.17, 15) is 19.8 Å². The van der Waals surface area contributed by atoms with E-state index in [1.165, 1.54) is 0 Å². The minimum absolute atomic E-state index is 0.0942. The van der Waals surface area contributed by atoms with Crippen molar-refractivity contribution >= 4 is 23.1 Å². The van der Waals surface area contributed by atoms with Gasteiger partial charge in [-0.05, 0) is 70.2 Å². The molecule has 1 aliphatic heterocycles. The highest BCUT2D eigenvalue weighted by Gasteiger charge is 2.48. The zero-order chi connectivity index (χ0) is 24.9. The number of fused-ring (bicyclic) bond motifs is 1. The molecule has 2 fully saturated rings. The molecule has 3 N–H and O–H groups in total. The van der Waals surface area contributed by atoms with Crippen molar-refractivity contribution in [1.82, 2.24) is 9.38 Å². The van der Waals surface area contributed by atoms with E-state index in [4.69, 9.17) is 4.98 Å². The van der Waals surface area contributed by atoms with Crippen molar-refractivity contribution in [2.24, 2.45) is 5.41 Å². The average Bonchev–Trinajstić information content (AvgIpc) is 2.85. The number of rotatable bonds is 5. The lowest BCUT2D eigenvalue weighted by Gasteiger charge is -2.52. The van der Waals surface area contributed by atoms with E-state index >= 15 is 0 Å². The summed E-state index contributed by atoms with van der Waals surface area (Å²) < 4.78 is 1.60. The molecule has 2 unspecified atom stereocenters. The Labute approximate surface area is 204 Å². The van der Waals surface area contributed by atoms with E-state index in [1.54, 1.807) is 34.9 Å². The summed E-state index contributed by atoms with van der Waals surface area (Å²) in [5, 5.41) is 23.4. The number of carboxylic acid groups (broad SMARTS) is 1. The highest BCUT2D eigenvalue weighted by atomic mass is 16.4. The lowest BCUT2D eigenvalue weighted by atomic mass is 9.62. The van der Waals surface area contributed by atoms with Crippen LogP contribution in [0.15, 0.2) is 41.3 Å². The molecule has 0 bridgehead atoms. The van der Waals surface area contributed by atoms with E-state index in [2.05, 4.69) is 10.2 Å². The molecule has 1 saturated heterocycles. The van der Waals surface area contributed by atoms with Crippen LogP contribution >= 0.6 is 0 Å². The fraction of sp³-hybridized carbons (Fsp3) is 0.444. The Balaban J connectivity index is 1.58. The zero-order valence-corrected chi connectivity index (χ0v) is 20.4. The molecule has 8 nitrogen and oxygen atoms in total. The number of carbonyl (C=O) groups is 1. The topological polar surface area (TPSA) is 107 Å². The standard InChI is InChI=1S/C27H32N4O4/c1-16-13-20(18(3)28-21-8-5-4-7-19(21)26(34)35)24-29-23(17(2)25(33)31(24)14-16)30-12-6-10-27(15-30)11-9-22(27)32/h4-5,7-8,13-14,18,22,28,32H,6,9-12,15H2,1-3H3,(H,34,35)/t18-,22?,27?/m1/s1. The summed E-state index contributed by atoms with van der Waals surface area (Å²) in [4.78, 5) is 32.4. The van der Waals surface area contributed by atoms with E-state index < -0.39 is 5.97 Å². The highest BCUT2D eigenvalue weighted by Crippen LogP contribution is 2.48. The number of hydrogen-bond acceptors (Lipinski definition) is 6. The zero-order valence-electron chi connectivity index (χ0n) is 20.4. The Hall–Kier alpha value is -3.39. The average molecular weight is 477 g/mol. The molecule has 0 radical (unpaired) electrons. The third-order valence-electron chi connectivity index (χ3n) is 7.82. The third-order valence-corrected chi connectivity index (χ3v) is 7.82. The number of hydrogen-bond donors (Lipinski definition) is 3. The van der Waals surface area contributed by atoms with Crippen LogP contribution in [0.4, 0.5) is 11.5 Å². The smallest absolute Gasteiger partial charge is 0.337 e. The number of carboxylic acids is 1. The number of nitrogens with one attached hydrogen (secondary N) is 1. The second kappa shape index (κ2) is 8.68. The summed E-state index contributed by atoms with van der Waals surface area (Å²) in [6.07, 6.45) is 5.32. The molecule has 2 aromatic heterocycles. The van der Waals surface area contributed by atoms with Crippen molar-refractivity contribution in [3.63, 3.8) is 0 Å². The molecule has 1 aliphatic carbocycles. The van der Waals surface area contributed by atoms with Crippen LogP contribution in [0.1, 0.15) is 65.7 Å². The van der Waals surface area contributed by atoms with Gasteiger partial charge in [-0.25, -0.2) is 9.78 Å². The van der Waals surface area contributed by atoms with Crippen LogP contribution in [-0.2, 0) is 0 Å². The number of piperidine rings is 1. The Morgan fingerprint density at radius 2 is 2.03 bits per heavy atom. The summed E-state index contributed by atoms with van der Waals surface area (Å²) in [6.45, 7) is 7.21. The number of benzene rings is 1. The van der Waals surface area contributed by atoms with Gasteiger partial charge in [0.25, 0.3) is 5.56 Å². The number of aromatic carboxylic acids is 1. The Bertz CT molecular complexity index is 1370. The van der Waals surface area contributed by atoms with Gasteiger partial charge in [0.05, 0.1) is 23.3 Å². The molecular weight excluding hydrogens is 444 g/mol. The second-order valence-electron chi connectivity index (χ2n) is 10.2. The maximum atomic E-state index is 13.5. The second-order valence-corrected chi connectivity index (χ2v) is 10.2. The maximum absolute atomic E-state index is 13.5. The molecule has 3 atom stereocenters. The number of pyridine rings is 1. The van der Waals surface area contributed by atoms with Gasteiger partial charge in [-0.2, -0.15) is 0 Å². The molecule has 5 rings (SSSR count). The van der Waals surface area contributed by atoms with E-state index in [1.807, 2.05) is 26.8 Å². The molecule has 3 heterocycles. The Morgan fingerprint density at radius 1 is 1.26 bits per heavy atom. The summed E-state index contributed by atoms with van der Waals surface area (Å²) in [6, 6.07) is 8.49. The van der Waals surface area contributed by atoms with Crippen LogP contribution in [-0.4, -0.2) is 44.8 Å².